The first-order valence-electron chi connectivity index (χ1n) is 6.72. The molecule has 20 heavy (non-hydrogen) atoms. The second kappa shape index (κ2) is 5.47. The van der Waals surface area contributed by atoms with Crippen molar-refractivity contribution in [2.75, 3.05) is 30.3 Å². The van der Waals surface area contributed by atoms with Gasteiger partial charge in [-0.1, -0.05) is 11.3 Å². The Kier molecular flexibility index (Phi) is 4.08. The molecule has 0 aromatic carbocycles. The van der Waals surface area contributed by atoms with Crippen molar-refractivity contribution in [1.29, 1.82) is 0 Å². The number of carbonyl (C=O) groups is 1. The van der Waals surface area contributed by atoms with E-state index in [0.717, 1.165) is 18.1 Å². The highest BCUT2D eigenvalue weighted by Gasteiger charge is 2.31. The van der Waals surface area contributed by atoms with Gasteiger partial charge in [-0.25, -0.2) is 9.78 Å². The minimum absolute atomic E-state index is 0.0990. The molecule has 1 aliphatic rings. The summed E-state index contributed by atoms with van der Waals surface area (Å²) in [6.07, 6.45) is 1.55. The molecule has 0 bridgehead atoms. The van der Waals surface area contributed by atoms with Gasteiger partial charge in [-0.05, 0) is 27.7 Å². The van der Waals surface area contributed by atoms with Gasteiger partial charge in [0.2, 0.25) is 0 Å². The molecule has 1 aromatic heterocycles. The van der Waals surface area contributed by atoms with Gasteiger partial charge in [-0.2, -0.15) is 0 Å². The number of rotatable bonds is 1. The van der Waals surface area contributed by atoms with Crippen molar-refractivity contribution >= 4 is 27.6 Å². The minimum Gasteiger partial charge on any atom is -0.444 e. The van der Waals surface area contributed by atoms with Crippen LogP contribution in [-0.4, -0.2) is 47.3 Å². The van der Waals surface area contributed by atoms with Crippen LogP contribution in [0.2, 0.25) is 0 Å². The molecule has 6 nitrogen and oxygen atoms in total. The molecule has 0 saturated carbocycles. The Balaban J connectivity index is 1.97. The van der Waals surface area contributed by atoms with E-state index in [2.05, 4.69) is 9.88 Å². The molecule has 0 unspecified atom stereocenters. The van der Waals surface area contributed by atoms with E-state index in [1.807, 2.05) is 27.7 Å². The van der Waals surface area contributed by atoms with E-state index >= 15 is 0 Å². The van der Waals surface area contributed by atoms with E-state index in [-0.39, 0.29) is 12.1 Å². The Bertz CT molecular complexity index is 483. The van der Waals surface area contributed by atoms with Gasteiger partial charge in [0, 0.05) is 25.7 Å². The summed E-state index contributed by atoms with van der Waals surface area (Å²) in [7, 11) is 0. The number of aromatic nitrogens is 1. The average molecular weight is 298 g/mol. The molecular formula is C13H22N4O2S. The maximum absolute atomic E-state index is 12.1. The lowest BCUT2D eigenvalue weighted by Gasteiger charge is -2.40. The first-order valence-corrected chi connectivity index (χ1v) is 7.54. The van der Waals surface area contributed by atoms with Crippen molar-refractivity contribution in [3.05, 3.63) is 6.20 Å². The van der Waals surface area contributed by atoms with Crippen LogP contribution in [-0.2, 0) is 4.74 Å². The van der Waals surface area contributed by atoms with E-state index < -0.39 is 5.60 Å². The van der Waals surface area contributed by atoms with Crippen molar-refractivity contribution < 1.29 is 9.53 Å². The molecule has 112 valence electrons. The predicted molar refractivity (Wildman–Crippen MR) is 81.1 cm³/mol. The van der Waals surface area contributed by atoms with Crippen LogP contribution in [0.25, 0.3) is 0 Å². The number of anilines is 2. The highest BCUT2D eigenvalue weighted by molar-refractivity contribution is 7.19. The summed E-state index contributed by atoms with van der Waals surface area (Å²) in [6.45, 7) is 9.85. The molecule has 2 rings (SSSR count). The summed E-state index contributed by atoms with van der Waals surface area (Å²) in [4.78, 5) is 20.2. The van der Waals surface area contributed by atoms with Crippen molar-refractivity contribution in [2.24, 2.45) is 0 Å². The van der Waals surface area contributed by atoms with Gasteiger partial charge >= 0.3 is 6.09 Å². The summed E-state index contributed by atoms with van der Waals surface area (Å²) < 4.78 is 5.43. The number of ether oxygens (including phenoxy) is 1. The standard InChI is InChI=1S/C13H22N4O2S/c1-9-8-16(10-7-15-11(14)20-10)5-6-17(9)12(18)19-13(2,3)4/h7,9H,5-6,8H2,1-4H3,(H2,14,15)/t9-/m0/s1. The Hall–Kier alpha value is -1.50. The number of nitrogens with zero attached hydrogens (tertiary/aromatic N) is 3. The zero-order valence-corrected chi connectivity index (χ0v) is 13.2. The number of hydrogen-bond donors (Lipinski definition) is 1. The molecule has 7 heteroatoms. The van der Waals surface area contributed by atoms with Crippen LogP contribution in [0.1, 0.15) is 27.7 Å². The highest BCUT2D eigenvalue weighted by atomic mass is 32.1. The zero-order chi connectivity index (χ0) is 14.9. The quantitative estimate of drug-likeness (QED) is 0.860. The number of thiazole rings is 1. The summed E-state index contributed by atoms with van der Waals surface area (Å²) in [5.41, 5.74) is 5.20. The van der Waals surface area contributed by atoms with Crippen LogP contribution in [0, 0.1) is 0 Å². The lowest BCUT2D eigenvalue weighted by molar-refractivity contribution is 0.0159. The fourth-order valence-electron chi connectivity index (χ4n) is 2.17. The van der Waals surface area contributed by atoms with E-state index in [0.29, 0.717) is 11.7 Å². The molecule has 1 amide bonds. The average Bonchev–Trinajstić information content (AvgIpc) is 2.73. The Labute approximate surface area is 123 Å². The van der Waals surface area contributed by atoms with Crippen molar-refractivity contribution in [2.45, 2.75) is 39.3 Å². The van der Waals surface area contributed by atoms with Crippen LogP contribution >= 0.6 is 11.3 Å². The lowest BCUT2D eigenvalue weighted by Crippen LogP contribution is -2.55. The fourth-order valence-corrected chi connectivity index (χ4v) is 2.89. The maximum atomic E-state index is 12.1. The number of piperazine rings is 1. The smallest absolute Gasteiger partial charge is 0.410 e. The van der Waals surface area contributed by atoms with Crippen LogP contribution in [0.3, 0.4) is 0 Å². The third kappa shape index (κ3) is 3.53. The van der Waals surface area contributed by atoms with Crippen LogP contribution in [0.15, 0.2) is 6.20 Å². The second-order valence-corrected chi connectivity index (χ2v) is 7.05. The molecule has 0 radical (unpaired) electrons. The van der Waals surface area contributed by atoms with Gasteiger partial charge in [0.05, 0.1) is 6.20 Å². The van der Waals surface area contributed by atoms with Crippen molar-refractivity contribution in [3.63, 3.8) is 0 Å². The molecule has 1 aromatic rings. The van der Waals surface area contributed by atoms with Gasteiger partial charge in [0.25, 0.3) is 0 Å². The largest absolute Gasteiger partial charge is 0.444 e. The SMILES string of the molecule is C[C@H]1CN(c2cnc(N)s2)CCN1C(=O)OC(C)(C)C. The Morgan fingerprint density at radius 2 is 2.20 bits per heavy atom. The minimum atomic E-state index is -0.458. The van der Waals surface area contributed by atoms with Crippen LogP contribution in [0.5, 0.6) is 0 Å². The monoisotopic (exact) mass is 298 g/mol. The molecule has 2 heterocycles. The first kappa shape index (κ1) is 14.9. The number of hydrogen-bond acceptors (Lipinski definition) is 6. The molecule has 1 aliphatic heterocycles. The molecule has 0 spiro atoms. The third-order valence-electron chi connectivity index (χ3n) is 3.08. The summed E-state index contributed by atoms with van der Waals surface area (Å²) in [5.74, 6) is 0. The molecule has 2 N–H and O–H groups in total. The molecule has 1 fully saturated rings. The van der Waals surface area contributed by atoms with E-state index in [1.165, 1.54) is 11.3 Å². The maximum Gasteiger partial charge on any atom is 0.410 e. The van der Waals surface area contributed by atoms with Gasteiger partial charge < -0.3 is 20.3 Å². The van der Waals surface area contributed by atoms with Gasteiger partial charge in [-0.15, -0.1) is 0 Å². The zero-order valence-electron chi connectivity index (χ0n) is 12.4. The number of nitrogen functional groups attached to an aromatic ring is 1. The van der Waals surface area contributed by atoms with Crippen molar-refractivity contribution in [1.82, 2.24) is 9.88 Å². The normalized spacial score (nSPS) is 20.1. The van der Waals surface area contributed by atoms with Gasteiger partial charge in [0.1, 0.15) is 10.6 Å². The summed E-state index contributed by atoms with van der Waals surface area (Å²) >= 11 is 1.47. The van der Waals surface area contributed by atoms with E-state index in [4.69, 9.17) is 10.5 Å². The summed E-state index contributed by atoms with van der Waals surface area (Å²) in [5, 5.41) is 1.63. The third-order valence-corrected chi connectivity index (χ3v) is 3.97. The van der Waals surface area contributed by atoms with Crippen LogP contribution in [0.4, 0.5) is 14.9 Å². The molecule has 1 atom stereocenters. The first-order chi connectivity index (χ1) is 9.26. The Morgan fingerprint density at radius 1 is 1.50 bits per heavy atom. The molecule has 0 aliphatic carbocycles. The molecular weight excluding hydrogens is 276 g/mol. The summed E-state index contributed by atoms with van der Waals surface area (Å²) in [6, 6.07) is 0.0990. The topological polar surface area (TPSA) is 71.7 Å². The molecule has 1 saturated heterocycles. The van der Waals surface area contributed by atoms with Gasteiger partial charge in [0.15, 0.2) is 5.13 Å². The Morgan fingerprint density at radius 3 is 2.70 bits per heavy atom. The van der Waals surface area contributed by atoms with Gasteiger partial charge in [-0.3, -0.25) is 0 Å². The highest BCUT2D eigenvalue weighted by Crippen LogP contribution is 2.27. The second-order valence-electron chi connectivity index (χ2n) is 6.01. The lowest BCUT2D eigenvalue weighted by atomic mass is 10.2. The number of nitrogens with two attached hydrogens (primary N) is 1. The van der Waals surface area contributed by atoms with Crippen molar-refractivity contribution in [3.8, 4) is 0 Å². The van der Waals surface area contributed by atoms with E-state index in [9.17, 15) is 4.79 Å². The fraction of sp³-hybridized carbons (Fsp3) is 0.692. The number of amides is 1. The number of carbonyl (C=O) groups excluding carboxylic acids is 1. The van der Waals surface area contributed by atoms with Crippen LogP contribution < -0.4 is 10.6 Å². The van der Waals surface area contributed by atoms with E-state index in [1.54, 1.807) is 11.1 Å². The predicted octanol–water partition coefficient (Wildman–Crippen LogP) is 2.17.